The van der Waals surface area contributed by atoms with Gasteiger partial charge in [0.15, 0.2) is 10.3 Å². The third-order valence-electron chi connectivity index (χ3n) is 1.74. The van der Waals surface area contributed by atoms with Crippen LogP contribution in [0.3, 0.4) is 0 Å². The first-order chi connectivity index (χ1) is 7.69. The molecule has 0 fully saturated rings. The smallest absolute Gasteiger partial charge is 0.185 e. The summed E-state index contributed by atoms with van der Waals surface area (Å²) in [7, 11) is 0. The van der Waals surface area contributed by atoms with E-state index in [1.54, 1.807) is 11.3 Å². The summed E-state index contributed by atoms with van der Waals surface area (Å²) in [6.45, 7) is 2.56. The van der Waals surface area contributed by atoms with Gasteiger partial charge in [-0.05, 0) is 6.92 Å². The number of nitriles is 1. The van der Waals surface area contributed by atoms with Gasteiger partial charge in [0.05, 0.1) is 6.54 Å². The molecule has 2 rings (SSSR count). The van der Waals surface area contributed by atoms with E-state index in [2.05, 4.69) is 15.3 Å². The van der Waals surface area contributed by atoms with Gasteiger partial charge in [0, 0.05) is 11.1 Å². The van der Waals surface area contributed by atoms with Crippen molar-refractivity contribution >= 4 is 39.4 Å². The standard InChI is InChI=1S/C9H7ClN4S2/c1-5-4-15-7(13-5)3-12-9-14-8(10)6(2-11)16-9/h4H,3H2,1H3,(H,12,14). The van der Waals surface area contributed by atoms with Crippen LogP contribution in [-0.2, 0) is 6.54 Å². The largest absolute Gasteiger partial charge is 0.355 e. The van der Waals surface area contributed by atoms with E-state index < -0.39 is 0 Å². The summed E-state index contributed by atoms with van der Waals surface area (Å²) < 4.78 is 0. The van der Waals surface area contributed by atoms with E-state index in [1.165, 1.54) is 11.3 Å². The number of thiazole rings is 2. The molecule has 16 heavy (non-hydrogen) atoms. The van der Waals surface area contributed by atoms with Crippen LogP contribution in [0, 0.1) is 18.3 Å². The van der Waals surface area contributed by atoms with Gasteiger partial charge in [0.2, 0.25) is 0 Å². The van der Waals surface area contributed by atoms with E-state index in [9.17, 15) is 0 Å². The first-order valence-electron chi connectivity index (χ1n) is 4.40. The van der Waals surface area contributed by atoms with Crippen LogP contribution in [-0.4, -0.2) is 9.97 Å². The normalized spacial score (nSPS) is 10.1. The molecule has 0 spiro atoms. The Morgan fingerprint density at radius 1 is 1.56 bits per heavy atom. The van der Waals surface area contributed by atoms with Crippen molar-refractivity contribution in [1.29, 1.82) is 5.26 Å². The maximum atomic E-state index is 8.72. The predicted octanol–water partition coefficient (Wildman–Crippen LogP) is 3.05. The van der Waals surface area contributed by atoms with E-state index in [4.69, 9.17) is 16.9 Å². The molecule has 2 aromatic heterocycles. The molecule has 0 aliphatic heterocycles. The number of nitrogens with zero attached hydrogens (tertiary/aromatic N) is 3. The molecule has 2 aromatic rings. The number of halogens is 1. The highest BCUT2D eigenvalue weighted by Gasteiger charge is 2.08. The molecule has 0 saturated carbocycles. The van der Waals surface area contributed by atoms with E-state index in [0.29, 0.717) is 16.6 Å². The molecule has 7 heteroatoms. The van der Waals surface area contributed by atoms with E-state index >= 15 is 0 Å². The van der Waals surface area contributed by atoms with Crippen molar-refractivity contribution in [3.05, 3.63) is 26.1 Å². The van der Waals surface area contributed by atoms with Gasteiger partial charge in [-0.2, -0.15) is 5.26 Å². The first kappa shape index (κ1) is 11.3. The van der Waals surface area contributed by atoms with E-state index in [0.717, 1.165) is 10.7 Å². The van der Waals surface area contributed by atoms with Gasteiger partial charge in [-0.3, -0.25) is 0 Å². The van der Waals surface area contributed by atoms with Crippen LogP contribution >= 0.6 is 34.3 Å². The van der Waals surface area contributed by atoms with Gasteiger partial charge < -0.3 is 5.32 Å². The fourth-order valence-electron chi connectivity index (χ4n) is 1.08. The highest BCUT2D eigenvalue weighted by Crippen LogP contribution is 2.26. The first-order valence-corrected chi connectivity index (χ1v) is 6.47. The quantitative estimate of drug-likeness (QED) is 0.931. The molecular formula is C9H7ClN4S2. The number of anilines is 1. The van der Waals surface area contributed by atoms with E-state index in [1.807, 2.05) is 18.4 Å². The lowest BCUT2D eigenvalue weighted by atomic mass is 10.6. The summed E-state index contributed by atoms with van der Waals surface area (Å²) in [4.78, 5) is 8.77. The molecule has 1 N–H and O–H groups in total. The minimum Gasteiger partial charge on any atom is -0.355 e. The molecule has 0 aliphatic rings. The fraction of sp³-hybridized carbons (Fsp3) is 0.222. The van der Waals surface area contributed by atoms with Crippen molar-refractivity contribution < 1.29 is 0 Å². The lowest BCUT2D eigenvalue weighted by molar-refractivity contribution is 1.07. The van der Waals surface area contributed by atoms with Crippen molar-refractivity contribution in [2.24, 2.45) is 0 Å². The van der Waals surface area contributed by atoms with Crippen LogP contribution in [0.4, 0.5) is 5.13 Å². The number of hydrogen-bond donors (Lipinski definition) is 1. The highest BCUT2D eigenvalue weighted by molar-refractivity contribution is 7.16. The van der Waals surface area contributed by atoms with Crippen LogP contribution in [0.2, 0.25) is 5.15 Å². The number of aromatic nitrogens is 2. The lowest BCUT2D eigenvalue weighted by Gasteiger charge is -1.97. The van der Waals surface area contributed by atoms with Gasteiger partial charge in [0.1, 0.15) is 16.0 Å². The molecule has 82 valence electrons. The molecule has 4 nitrogen and oxygen atoms in total. The predicted molar refractivity (Wildman–Crippen MR) is 66.0 cm³/mol. The molecule has 0 amide bonds. The second kappa shape index (κ2) is 4.78. The maximum Gasteiger partial charge on any atom is 0.185 e. The number of rotatable bonds is 3. The van der Waals surface area contributed by atoms with Gasteiger partial charge >= 0.3 is 0 Å². The highest BCUT2D eigenvalue weighted by atomic mass is 35.5. The summed E-state index contributed by atoms with van der Waals surface area (Å²) >= 11 is 8.59. The second-order valence-electron chi connectivity index (χ2n) is 2.99. The molecule has 0 bridgehead atoms. The second-order valence-corrected chi connectivity index (χ2v) is 5.29. The molecule has 0 radical (unpaired) electrons. The van der Waals surface area contributed by atoms with Crippen LogP contribution < -0.4 is 5.32 Å². The van der Waals surface area contributed by atoms with Gasteiger partial charge in [-0.25, -0.2) is 9.97 Å². The third-order valence-corrected chi connectivity index (χ3v) is 4.01. The van der Waals surface area contributed by atoms with Crippen LogP contribution in [0.15, 0.2) is 5.38 Å². The number of aryl methyl sites for hydroxylation is 1. The van der Waals surface area contributed by atoms with Gasteiger partial charge in [-0.15, -0.1) is 11.3 Å². The Morgan fingerprint density at radius 3 is 2.94 bits per heavy atom. The van der Waals surface area contributed by atoms with Crippen LogP contribution in [0.5, 0.6) is 0 Å². The molecule has 2 heterocycles. The van der Waals surface area contributed by atoms with Gasteiger partial charge in [-0.1, -0.05) is 22.9 Å². The minimum absolute atomic E-state index is 0.255. The van der Waals surface area contributed by atoms with E-state index in [-0.39, 0.29) is 5.15 Å². The molecule has 0 aliphatic carbocycles. The Labute approximate surface area is 106 Å². The Hall–Kier alpha value is -1.16. The average molecular weight is 271 g/mol. The average Bonchev–Trinajstić information content (AvgIpc) is 2.82. The monoisotopic (exact) mass is 270 g/mol. The Morgan fingerprint density at radius 2 is 2.38 bits per heavy atom. The summed E-state index contributed by atoms with van der Waals surface area (Å²) in [6.07, 6.45) is 0. The zero-order chi connectivity index (χ0) is 11.5. The Kier molecular flexibility index (Phi) is 3.39. The number of nitrogens with one attached hydrogen (secondary N) is 1. The summed E-state index contributed by atoms with van der Waals surface area (Å²) in [6, 6.07) is 1.99. The SMILES string of the molecule is Cc1csc(CNc2nc(Cl)c(C#N)s2)n1. The fourth-order valence-corrected chi connectivity index (χ4v) is 2.74. The minimum atomic E-state index is 0.255. The maximum absolute atomic E-state index is 8.72. The lowest BCUT2D eigenvalue weighted by Crippen LogP contribution is -1.98. The summed E-state index contributed by atoms with van der Waals surface area (Å²) in [5, 5.41) is 15.7. The number of hydrogen-bond acceptors (Lipinski definition) is 6. The van der Waals surface area contributed by atoms with Crippen molar-refractivity contribution in [1.82, 2.24) is 9.97 Å². The van der Waals surface area contributed by atoms with Crippen molar-refractivity contribution in [3.63, 3.8) is 0 Å². The zero-order valence-electron chi connectivity index (χ0n) is 8.32. The Bertz CT molecular complexity index is 540. The third kappa shape index (κ3) is 2.50. The van der Waals surface area contributed by atoms with Crippen molar-refractivity contribution in [2.45, 2.75) is 13.5 Å². The Balaban J connectivity index is 2.02. The molecule has 0 unspecified atom stereocenters. The molecule has 0 aromatic carbocycles. The molecule has 0 atom stereocenters. The van der Waals surface area contributed by atoms with Crippen LogP contribution in [0.25, 0.3) is 0 Å². The van der Waals surface area contributed by atoms with Gasteiger partial charge in [0.25, 0.3) is 0 Å². The van der Waals surface area contributed by atoms with Crippen molar-refractivity contribution in [3.8, 4) is 6.07 Å². The summed E-state index contributed by atoms with van der Waals surface area (Å²) in [5.41, 5.74) is 1.01. The molecule has 0 saturated heterocycles. The molecular weight excluding hydrogens is 264 g/mol. The summed E-state index contributed by atoms with van der Waals surface area (Å²) in [5.74, 6) is 0. The van der Waals surface area contributed by atoms with Crippen molar-refractivity contribution in [2.75, 3.05) is 5.32 Å². The zero-order valence-corrected chi connectivity index (χ0v) is 10.7. The van der Waals surface area contributed by atoms with Crippen LogP contribution in [0.1, 0.15) is 15.6 Å². The topological polar surface area (TPSA) is 61.6 Å².